The highest BCUT2D eigenvalue weighted by atomic mass is 16.2. The summed E-state index contributed by atoms with van der Waals surface area (Å²) in [4.78, 5) is 26.2. The molecule has 0 radical (unpaired) electrons. The van der Waals surface area contributed by atoms with Crippen LogP contribution in [0.25, 0.3) is 0 Å². The number of amides is 3. The largest absolute Gasteiger partial charge is 0.399 e. The lowest BCUT2D eigenvalue weighted by Gasteiger charge is -2.31. The van der Waals surface area contributed by atoms with Crippen LogP contribution in [0.1, 0.15) is 6.42 Å². The van der Waals surface area contributed by atoms with E-state index in [0.717, 1.165) is 0 Å². The number of rotatable bonds is 1. The van der Waals surface area contributed by atoms with Crippen LogP contribution in [0.15, 0.2) is 24.3 Å². The first-order chi connectivity index (χ1) is 7.59. The monoisotopic (exact) mass is 219 g/mol. The molecule has 3 amide bonds. The molecule has 0 unspecified atom stereocenters. The summed E-state index contributed by atoms with van der Waals surface area (Å²) in [6, 6.07) is 6.45. The maximum absolute atomic E-state index is 11.8. The summed E-state index contributed by atoms with van der Waals surface area (Å²) in [5.74, 6) is -0.186. The van der Waals surface area contributed by atoms with Gasteiger partial charge in [0.2, 0.25) is 5.91 Å². The smallest absolute Gasteiger partial charge is 0.331 e. The third-order valence-electron chi connectivity index (χ3n) is 2.56. The molecule has 2 N–H and O–H groups in total. The van der Waals surface area contributed by atoms with Crippen molar-refractivity contribution in [3.63, 3.8) is 0 Å². The predicted octanol–water partition coefficient (Wildman–Crippen LogP) is 1.06. The number of nitrogens with two attached hydrogens (primary N) is 1. The van der Waals surface area contributed by atoms with Gasteiger partial charge in [-0.3, -0.25) is 4.79 Å². The summed E-state index contributed by atoms with van der Waals surface area (Å²) in [5, 5.41) is 0. The topological polar surface area (TPSA) is 66.6 Å². The summed E-state index contributed by atoms with van der Waals surface area (Å²) >= 11 is 0. The van der Waals surface area contributed by atoms with Gasteiger partial charge in [0.05, 0.1) is 5.69 Å². The van der Waals surface area contributed by atoms with Crippen molar-refractivity contribution in [1.29, 1.82) is 0 Å². The van der Waals surface area contributed by atoms with Crippen LogP contribution >= 0.6 is 0 Å². The van der Waals surface area contributed by atoms with Gasteiger partial charge < -0.3 is 10.6 Å². The highest BCUT2D eigenvalue weighted by molar-refractivity contribution is 6.15. The zero-order chi connectivity index (χ0) is 11.7. The molecule has 0 saturated carbocycles. The van der Waals surface area contributed by atoms with Gasteiger partial charge in [-0.25, -0.2) is 9.69 Å². The van der Waals surface area contributed by atoms with E-state index in [2.05, 4.69) is 0 Å². The molecule has 1 aliphatic rings. The van der Waals surface area contributed by atoms with E-state index in [-0.39, 0.29) is 11.9 Å². The lowest BCUT2D eigenvalue weighted by Crippen LogP contribution is -2.50. The fourth-order valence-corrected chi connectivity index (χ4v) is 1.67. The zero-order valence-corrected chi connectivity index (χ0v) is 9.01. The number of benzene rings is 1. The summed E-state index contributed by atoms with van der Waals surface area (Å²) in [6.45, 7) is 0.469. The van der Waals surface area contributed by atoms with E-state index >= 15 is 0 Å². The molecule has 1 aromatic carbocycles. The Labute approximate surface area is 93.4 Å². The maximum atomic E-state index is 11.8. The third-order valence-corrected chi connectivity index (χ3v) is 2.56. The Morgan fingerprint density at radius 2 is 2.06 bits per heavy atom. The van der Waals surface area contributed by atoms with Crippen molar-refractivity contribution in [3.05, 3.63) is 24.3 Å². The molecule has 0 aromatic heterocycles. The van der Waals surface area contributed by atoms with Crippen LogP contribution in [0.2, 0.25) is 0 Å². The molecule has 0 atom stereocenters. The predicted molar refractivity (Wildman–Crippen MR) is 61.0 cm³/mol. The van der Waals surface area contributed by atoms with Crippen LogP contribution < -0.4 is 10.6 Å². The number of hydrogen-bond donors (Lipinski definition) is 1. The molecule has 1 aromatic rings. The molecule has 2 rings (SSSR count). The van der Waals surface area contributed by atoms with Gasteiger partial charge in [-0.05, 0) is 18.2 Å². The number of carbonyl (C=O) groups is 2. The Morgan fingerprint density at radius 1 is 1.31 bits per heavy atom. The SMILES string of the molecule is CN1CCC(=O)N(c2cccc(N)c2)C1=O. The number of imide groups is 1. The number of carbonyl (C=O) groups excluding carboxylic acids is 2. The van der Waals surface area contributed by atoms with Crippen LogP contribution in [0.4, 0.5) is 16.2 Å². The molecule has 1 saturated heterocycles. The first-order valence-corrected chi connectivity index (χ1v) is 5.03. The summed E-state index contributed by atoms with van der Waals surface area (Å²) in [7, 11) is 1.67. The summed E-state index contributed by atoms with van der Waals surface area (Å²) in [6.07, 6.45) is 0.344. The van der Waals surface area contributed by atoms with Crippen LogP contribution in [0.3, 0.4) is 0 Å². The molecule has 0 aliphatic carbocycles. The van der Waals surface area contributed by atoms with E-state index in [1.165, 1.54) is 9.80 Å². The maximum Gasteiger partial charge on any atom is 0.331 e. The second kappa shape index (κ2) is 3.84. The van der Waals surface area contributed by atoms with Gasteiger partial charge in [-0.1, -0.05) is 6.07 Å². The summed E-state index contributed by atoms with van der Waals surface area (Å²) in [5.41, 5.74) is 6.69. The molecule has 1 aliphatic heterocycles. The first-order valence-electron chi connectivity index (χ1n) is 5.03. The highest BCUT2D eigenvalue weighted by Gasteiger charge is 2.30. The van der Waals surface area contributed by atoms with E-state index in [1.807, 2.05) is 0 Å². The highest BCUT2D eigenvalue weighted by Crippen LogP contribution is 2.22. The van der Waals surface area contributed by atoms with Gasteiger partial charge in [0, 0.05) is 25.7 Å². The Morgan fingerprint density at radius 3 is 2.75 bits per heavy atom. The van der Waals surface area contributed by atoms with Gasteiger partial charge in [0.1, 0.15) is 0 Å². The molecule has 0 spiro atoms. The zero-order valence-electron chi connectivity index (χ0n) is 9.01. The van der Waals surface area contributed by atoms with E-state index in [4.69, 9.17) is 5.73 Å². The fourth-order valence-electron chi connectivity index (χ4n) is 1.67. The van der Waals surface area contributed by atoms with Gasteiger partial charge in [0.25, 0.3) is 0 Å². The first kappa shape index (κ1) is 10.5. The lowest BCUT2D eigenvalue weighted by atomic mass is 10.2. The average Bonchev–Trinajstić information content (AvgIpc) is 2.24. The number of urea groups is 1. The van der Waals surface area contributed by atoms with Crippen molar-refractivity contribution in [2.75, 3.05) is 24.2 Å². The molecule has 5 nitrogen and oxygen atoms in total. The van der Waals surface area contributed by atoms with Crippen LogP contribution in [0.5, 0.6) is 0 Å². The average molecular weight is 219 g/mol. The van der Waals surface area contributed by atoms with Crippen molar-refractivity contribution in [3.8, 4) is 0 Å². The van der Waals surface area contributed by atoms with Crippen molar-refractivity contribution in [2.24, 2.45) is 0 Å². The Bertz CT molecular complexity index is 445. The second-order valence-electron chi connectivity index (χ2n) is 3.78. The molecule has 1 fully saturated rings. The lowest BCUT2D eigenvalue weighted by molar-refractivity contribution is -0.119. The van der Waals surface area contributed by atoms with Gasteiger partial charge in [-0.15, -0.1) is 0 Å². The fraction of sp³-hybridized carbons (Fsp3) is 0.273. The van der Waals surface area contributed by atoms with Gasteiger partial charge >= 0.3 is 6.03 Å². The standard InChI is InChI=1S/C11H13N3O2/c1-13-6-5-10(15)14(11(13)16)9-4-2-3-8(12)7-9/h2-4,7H,5-6,12H2,1H3. The minimum atomic E-state index is -0.304. The Kier molecular flexibility index (Phi) is 2.52. The molecule has 84 valence electrons. The molecule has 16 heavy (non-hydrogen) atoms. The Balaban J connectivity index is 2.37. The number of hydrogen-bond acceptors (Lipinski definition) is 3. The minimum Gasteiger partial charge on any atom is -0.399 e. The van der Waals surface area contributed by atoms with Crippen LogP contribution in [0, 0.1) is 0 Å². The molecular formula is C11H13N3O2. The normalized spacial score (nSPS) is 16.8. The van der Waals surface area contributed by atoms with Crippen molar-refractivity contribution in [2.45, 2.75) is 6.42 Å². The molecule has 0 bridgehead atoms. The number of anilines is 2. The van der Waals surface area contributed by atoms with Gasteiger partial charge in [0.15, 0.2) is 0 Å². The van der Waals surface area contributed by atoms with Crippen molar-refractivity contribution < 1.29 is 9.59 Å². The van der Waals surface area contributed by atoms with Crippen molar-refractivity contribution >= 4 is 23.3 Å². The van der Waals surface area contributed by atoms with Crippen LogP contribution in [-0.4, -0.2) is 30.4 Å². The third kappa shape index (κ3) is 1.71. The van der Waals surface area contributed by atoms with Gasteiger partial charge in [-0.2, -0.15) is 0 Å². The van der Waals surface area contributed by atoms with Crippen LogP contribution in [-0.2, 0) is 4.79 Å². The van der Waals surface area contributed by atoms with E-state index < -0.39 is 0 Å². The summed E-state index contributed by atoms with van der Waals surface area (Å²) < 4.78 is 0. The minimum absolute atomic E-state index is 0.186. The Hall–Kier alpha value is -2.04. The number of nitrogens with zero attached hydrogens (tertiary/aromatic N) is 2. The van der Waals surface area contributed by atoms with E-state index in [0.29, 0.717) is 24.3 Å². The quantitative estimate of drug-likeness (QED) is 0.718. The van der Waals surface area contributed by atoms with Crippen molar-refractivity contribution in [1.82, 2.24) is 4.90 Å². The molecular weight excluding hydrogens is 206 g/mol. The van der Waals surface area contributed by atoms with E-state index in [1.54, 1.807) is 31.3 Å². The molecule has 1 heterocycles. The molecule has 5 heteroatoms. The van der Waals surface area contributed by atoms with E-state index in [9.17, 15) is 9.59 Å². The second-order valence-corrected chi connectivity index (χ2v) is 3.78. The number of nitrogen functional groups attached to an aromatic ring is 1.